The van der Waals surface area contributed by atoms with Gasteiger partial charge in [0.25, 0.3) is 0 Å². The highest BCUT2D eigenvalue weighted by molar-refractivity contribution is 6.01. The summed E-state index contributed by atoms with van der Waals surface area (Å²) in [5.41, 5.74) is 13.6. The molecule has 6 aromatic rings. The Morgan fingerprint density at radius 1 is 0.500 bits per heavy atom. The summed E-state index contributed by atoms with van der Waals surface area (Å²) in [6.07, 6.45) is -0.269. The van der Waals surface area contributed by atoms with Crippen molar-refractivity contribution in [1.82, 2.24) is 10.6 Å². The minimum Gasteiger partial charge on any atom is -0.350 e. The van der Waals surface area contributed by atoms with Crippen LogP contribution in [0.2, 0.25) is 0 Å². The van der Waals surface area contributed by atoms with Crippen molar-refractivity contribution in [3.05, 3.63) is 202 Å². The molecule has 2 N–H and O–H groups in total. The van der Waals surface area contributed by atoms with Crippen molar-refractivity contribution in [2.75, 3.05) is 0 Å². The smallest absolute Gasteiger partial charge is 0.131 e. The molecule has 1 aliphatic heterocycles. The maximum Gasteiger partial charge on any atom is 0.131 e. The van der Waals surface area contributed by atoms with E-state index in [-0.39, 0.29) is 17.7 Å². The second-order valence-corrected chi connectivity index (χ2v) is 13.2. The second-order valence-electron chi connectivity index (χ2n) is 13.2. The summed E-state index contributed by atoms with van der Waals surface area (Å²) < 4.78 is 0. The molecule has 0 saturated heterocycles. The minimum atomic E-state index is -0.435. The van der Waals surface area contributed by atoms with E-state index >= 15 is 0 Å². The number of fused-ring (bicyclic) bond motifs is 9. The molecule has 3 aliphatic rings. The molecule has 0 saturated carbocycles. The zero-order valence-corrected chi connectivity index (χ0v) is 26.0. The monoisotopic (exact) mass is 593 g/mol. The van der Waals surface area contributed by atoms with Gasteiger partial charge in [0.15, 0.2) is 0 Å². The van der Waals surface area contributed by atoms with Crippen LogP contribution in [0, 0.1) is 0 Å². The third kappa shape index (κ3) is 3.79. The van der Waals surface area contributed by atoms with Crippen molar-refractivity contribution in [3.63, 3.8) is 0 Å². The molecule has 9 rings (SSSR count). The van der Waals surface area contributed by atoms with Crippen molar-refractivity contribution in [2.24, 2.45) is 4.99 Å². The van der Waals surface area contributed by atoms with Crippen LogP contribution in [0.4, 0.5) is 0 Å². The zero-order chi connectivity index (χ0) is 30.9. The average Bonchev–Trinajstić information content (AvgIpc) is 3.42. The number of amidine groups is 1. The Morgan fingerprint density at radius 2 is 1.02 bits per heavy atom. The summed E-state index contributed by atoms with van der Waals surface area (Å²) >= 11 is 0. The van der Waals surface area contributed by atoms with E-state index in [4.69, 9.17) is 4.99 Å². The van der Waals surface area contributed by atoms with Crippen LogP contribution in [0.5, 0.6) is 0 Å². The van der Waals surface area contributed by atoms with E-state index in [0.717, 1.165) is 17.0 Å². The summed E-state index contributed by atoms with van der Waals surface area (Å²) in [7, 11) is 0. The maximum atomic E-state index is 5.31. The Hall–Kier alpha value is -5.25. The van der Waals surface area contributed by atoms with E-state index in [9.17, 15) is 0 Å². The summed E-state index contributed by atoms with van der Waals surface area (Å²) in [5.74, 6) is 0.896. The van der Waals surface area contributed by atoms with Crippen LogP contribution in [0.3, 0.4) is 0 Å². The number of benzene rings is 6. The molecule has 0 amide bonds. The average molecular weight is 594 g/mol. The van der Waals surface area contributed by atoms with Crippen LogP contribution in [0.1, 0.15) is 76.3 Å². The lowest BCUT2D eigenvalue weighted by Gasteiger charge is -2.46. The fourth-order valence-electron chi connectivity index (χ4n) is 8.34. The van der Waals surface area contributed by atoms with Crippen LogP contribution in [0.25, 0.3) is 11.1 Å². The van der Waals surface area contributed by atoms with Gasteiger partial charge in [-0.2, -0.15) is 0 Å². The van der Waals surface area contributed by atoms with Crippen LogP contribution in [-0.4, -0.2) is 5.84 Å². The zero-order valence-electron chi connectivity index (χ0n) is 26.0. The second kappa shape index (κ2) is 10.1. The van der Waals surface area contributed by atoms with Gasteiger partial charge >= 0.3 is 0 Å². The Labute approximate surface area is 270 Å². The molecule has 0 bridgehead atoms. The SMILES string of the molecule is CC1(C)c2ccccc2C2(c3ccccc3-c3ccc(C4=NC(c5ccccc5)NC(c5ccccc5)N4)cc32)c2ccccc21. The number of hydrogen-bond donors (Lipinski definition) is 2. The van der Waals surface area contributed by atoms with Crippen LogP contribution in [0.15, 0.2) is 157 Å². The van der Waals surface area contributed by atoms with E-state index in [0.29, 0.717) is 0 Å². The van der Waals surface area contributed by atoms with E-state index in [1.54, 1.807) is 0 Å². The quantitative estimate of drug-likeness (QED) is 0.214. The lowest BCUT2D eigenvalue weighted by atomic mass is 9.55. The number of nitrogens with zero attached hydrogens (tertiary/aromatic N) is 1. The molecular formula is C43H35N3. The minimum absolute atomic E-state index is 0.0877. The van der Waals surface area contributed by atoms with Crippen molar-refractivity contribution in [1.29, 1.82) is 0 Å². The van der Waals surface area contributed by atoms with Gasteiger partial charge in [0.1, 0.15) is 18.2 Å². The predicted molar refractivity (Wildman–Crippen MR) is 187 cm³/mol. The summed E-state index contributed by atoms with van der Waals surface area (Å²) in [6, 6.07) is 55.3. The van der Waals surface area contributed by atoms with E-state index in [1.165, 1.54) is 50.1 Å². The summed E-state index contributed by atoms with van der Waals surface area (Å²) in [5, 5.41) is 7.53. The van der Waals surface area contributed by atoms with E-state index < -0.39 is 5.41 Å². The third-order valence-electron chi connectivity index (χ3n) is 10.4. The Balaban J connectivity index is 1.29. The molecule has 1 heterocycles. The standard InChI is InChI=1S/C43H35N3/c1-42(2)34-21-11-13-23-36(34)43(37-24-14-12-22-35(37)42)33-20-10-9-19-31(33)32-26-25-30(27-38(32)43)41-45-39(28-15-5-3-6-16-28)44-40(46-41)29-17-7-4-8-18-29/h3-27,39-40,44H,1-2H3,(H,45,46). The molecule has 0 radical (unpaired) electrons. The first-order valence-corrected chi connectivity index (χ1v) is 16.2. The normalized spacial score (nSPS) is 19.7. The van der Waals surface area contributed by atoms with Crippen molar-refractivity contribution >= 4 is 5.84 Å². The van der Waals surface area contributed by atoms with Gasteiger partial charge in [-0.1, -0.05) is 159 Å². The lowest BCUT2D eigenvalue weighted by molar-refractivity contribution is 0.409. The largest absolute Gasteiger partial charge is 0.350 e. The number of aliphatic imine (C=N–C) groups is 1. The predicted octanol–water partition coefficient (Wildman–Crippen LogP) is 9.03. The molecule has 0 aromatic heterocycles. The molecule has 46 heavy (non-hydrogen) atoms. The van der Waals surface area contributed by atoms with Gasteiger partial charge in [0.05, 0.1) is 5.41 Å². The molecule has 3 heteroatoms. The van der Waals surface area contributed by atoms with Gasteiger partial charge in [-0.15, -0.1) is 0 Å². The number of nitrogens with one attached hydrogen (secondary N) is 2. The molecular weight excluding hydrogens is 558 g/mol. The molecule has 2 aliphatic carbocycles. The third-order valence-corrected chi connectivity index (χ3v) is 10.4. The molecule has 3 nitrogen and oxygen atoms in total. The van der Waals surface area contributed by atoms with Crippen molar-refractivity contribution in [3.8, 4) is 11.1 Å². The molecule has 0 fully saturated rings. The first kappa shape index (κ1) is 27.1. The van der Waals surface area contributed by atoms with E-state index in [2.05, 4.69) is 176 Å². The summed E-state index contributed by atoms with van der Waals surface area (Å²) in [6.45, 7) is 4.74. The molecule has 1 spiro atoms. The van der Waals surface area contributed by atoms with Gasteiger partial charge in [0, 0.05) is 11.0 Å². The first-order chi connectivity index (χ1) is 22.6. The topological polar surface area (TPSA) is 36.4 Å². The van der Waals surface area contributed by atoms with Crippen LogP contribution >= 0.6 is 0 Å². The van der Waals surface area contributed by atoms with Gasteiger partial charge in [-0.25, -0.2) is 4.99 Å². The molecule has 6 aromatic carbocycles. The van der Waals surface area contributed by atoms with Gasteiger partial charge in [-0.3, -0.25) is 5.32 Å². The van der Waals surface area contributed by atoms with Crippen molar-refractivity contribution in [2.45, 2.75) is 37.0 Å². The Bertz CT molecular complexity index is 2100. The molecule has 222 valence electrons. The fourth-order valence-corrected chi connectivity index (χ4v) is 8.34. The van der Waals surface area contributed by atoms with Gasteiger partial charge < -0.3 is 5.32 Å². The highest BCUT2D eigenvalue weighted by Gasteiger charge is 2.53. The Kier molecular flexibility index (Phi) is 5.97. The van der Waals surface area contributed by atoms with Crippen LogP contribution < -0.4 is 10.6 Å². The lowest BCUT2D eigenvalue weighted by Crippen LogP contribution is -2.45. The van der Waals surface area contributed by atoms with E-state index in [1.807, 2.05) is 0 Å². The maximum absolute atomic E-state index is 5.31. The van der Waals surface area contributed by atoms with Gasteiger partial charge in [0.2, 0.25) is 0 Å². The summed E-state index contributed by atoms with van der Waals surface area (Å²) in [4.78, 5) is 5.31. The highest BCUT2D eigenvalue weighted by atomic mass is 15.3. The fraction of sp³-hybridized carbons (Fsp3) is 0.140. The molecule has 2 unspecified atom stereocenters. The van der Waals surface area contributed by atoms with Crippen molar-refractivity contribution < 1.29 is 0 Å². The number of rotatable bonds is 3. The highest BCUT2D eigenvalue weighted by Crippen LogP contribution is 2.62. The Morgan fingerprint density at radius 3 is 1.67 bits per heavy atom. The molecule has 2 atom stereocenters. The van der Waals surface area contributed by atoms with Crippen LogP contribution in [-0.2, 0) is 10.8 Å². The van der Waals surface area contributed by atoms with Gasteiger partial charge in [-0.05, 0) is 61.7 Å². The first-order valence-electron chi connectivity index (χ1n) is 16.2. The number of hydrogen-bond acceptors (Lipinski definition) is 3.